The Balaban J connectivity index is 3.13. The first-order valence-electron chi connectivity index (χ1n) is 16.0. The van der Waals surface area contributed by atoms with Gasteiger partial charge in [0.2, 0.25) is 0 Å². The molecule has 0 unspecified atom stereocenters. The fourth-order valence-corrected chi connectivity index (χ4v) is 5.03. The van der Waals surface area contributed by atoms with Gasteiger partial charge in [-0.1, -0.05) is 174 Å². The second-order valence-corrected chi connectivity index (χ2v) is 11.0. The lowest BCUT2D eigenvalue weighted by Crippen LogP contribution is -1.96. The van der Waals surface area contributed by atoms with Crippen LogP contribution in [0.4, 0.5) is 0 Å². The van der Waals surface area contributed by atoms with E-state index in [2.05, 4.69) is 6.92 Å². The first kappa shape index (κ1) is 33.9. The molecule has 2 heteroatoms. The second kappa shape index (κ2) is 31.0. The summed E-state index contributed by atoms with van der Waals surface area (Å²) in [5.41, 5.74) is 0. The molecule has 2 nitrogen and oxygen atoms in total. The number of hydrogen-bond acceptors (Lipinski definition) is 2. The van der Waals surface area contributed by atoms with E-state index >= 15 is 0 Å². The van der Waals surface area contributed by atoms with Gasteiger partial charge in [0.1, 0.15) is 0 Å². The molecule has 205 valence electrons. The maximum Gasteiger partial charge on any atom is 0.0933 e. The first-order valence-corrected chi connectivity index (χ1v) is 16.0. The fourth-order valence-electron chi connectivity index (χ4n) is 5.03. The van der Waals surface area contributed by atoms with Crippen molar-refractivity contribution in [1.82, 2.24) is 0 Å². The van der Waals surface area contributed by atoms with Crippen molar-refractivity contribution >= 4 is 0 Å². The van der Waals surface area contributed by atoms with Gasteiger partial charge in [0, 0.05) is 6.61 Å². The number of aliphatic hydroxyl groups excluding tert-OH is 2. The third-order valence-electron chi connectivity index (χ3n) is 7.44. The molecule has 0 aromatic carbocycles. The van der Waals surface area contributed by atoms with Crippen LogP contribution in [0.3, 0.4) is 0 Å². The van der Waals surface area contributed by atoms with E-state index in [9.17, 15) is 5.11 Å². The van der Waals surface area contributed by atoms with Crippen LogP contribution in [0, 0.1) is 6.10 Å². The van der Waals surface area contributed by atoms with Crippen molar-refractivity contribution in [2.45, 2.75) is 193 Å². The van der Waals surface area contributed by atoms with Gasteiger partial charge in [0.05, 0.1) is 6.10 Å². The summed E-state index contributed by atoms with van der Waals surface area (Å²) in [5, 5.41) is 18.9. The average molecular weight is 482 g/mol. The van der Waals surface area contributed by atoms with Crippen molar-refractivity contribution < 1.29 is 10.2 Å². The third-order valence-corrected chi connectivity index (χ3v) is 7.44. The summed E-state index contributed by atoms with van der Waals surface area (Å²) in [6.07, 6.45) is 39.1. The van der Waals surface area contributed by atoms with Crippen molar-refractivity contribution in [3.05, 3.63) is 6.10 Å². The molecular formula is C32H65O2. The van der Waals surface area contributed by atoms with Crippen LogP contribution in [0.2, 0.25) is 0 Å². The Labute approximate surface area is 216 Å². The van der Waals surface area contributed by atoms with Crippen molar-refractivity contribution in [1.29, 1.82) is 0 Å². The summed E-state index contributed by atoms with van der Waals surface area (Å²) in [6.45, 7) is 2.65. The van der Waals surface area contributed by atoms with Gasteiger partial charge < -0.3 is 10.2 Å². The van der Waals surface area contributed by atoms with E-state index in [1.165, 1.54) is 167 Å². The summed E-state index contributed by atoms with van der Waals surface area (Å²) < 4.78 is 0. The normalized spacial score (nSPS) is 11.6. The summed E-state index contributed by atoms with van der Waals surface area (Å²) >= 11 is 0. The maximum atomic E-state index is 10.1. The Morgan fingerprint density at radius 3 is 0.853 bits per heavy atom. The highest BCUT2D eigenvalue weighted by Crippen LogP contribution is 2.19. The van der Waals surface area contributed by atoms with Gasteiger partial charge in [-0.3, -0.25) is 0 Å². The Morgan fingerprint density at radius 2 is 0.588 bits per heavy atom. The predicted octanol–water partition coefficient (Wildman–Crippen LogP) is 11.2. The molecule has 0 aliphatic rings. The summed E-state index contributed by atoms with van der Waals surface area (Å²) in [4.78, 5) is 0. The zero-order valence-corrected chi connectivity index (χ0v) is 23.6. The largest absolute Gasteiger partial charge is 0.396 e. The van der Waals surface area contributed by atoms with Gasteiger partial charge in [-0.15, -0.1) is 0 Å². The topological polar surface area (TPSA) is 40.5 Å². The molecule has 0 rings (SSSR count). The van der Waals surface area contributed by atoms with E-state index in [-0.39, 0.29) is 0 Å². The summed E-state index contributed by atoms with van der Waals surface area (Å²) in [6, 6.07) is 0. The highest BCUT2D eigenvalue weighted by Gasteiger charge is 2.05. The Hall–Kier alpha value is -0.0800. The smallest absolute Gasteiger partial charge is 0.0933 e. The molecular weight excluding hydrogens is 416 g/mol. The number of aliphatic hydroxyl groups is 2. The van der Waals surface area contributed by atoms with Crippen LogP contribution in [0.5, 0.6) is 0 Å². The molecule has 0 heterocycles. The predicted molar refractivity (Wildman–Crippen MR) is 152 cm³/mol. The van der Waals surface area contributed by atoms with Crippen LogP contribution >= 0.6 is 0 Å². The molecule has 0 aliphatic carbocycles. The molecule has 0 atom stereocenters. The molecule has 0 saturated carbocycles. The molecule has 1 radical (unpaired) electrons. The van der Waals surface area contributed by atoms with Gasteiger partial charge in [-0.25, -0.2) is 0 Å². The van der Waals surface area contributed by atoms with E-state index < -0.39 is 0 Å². The van der Waals surface area contributed by atoms with Gasteiger partial charge in [-0.05, 0) is 19.3 Å². The second-order valence-electron chi connectivity index (χ2n) is 11.0. The highest BCUT2D eigenvalue weighted by atomic mass is 16.3. The minimum Gasteiger partial charge on any atom is -0.396 e. The zero-order valence-electron chi connectivity index (χ0n) is 23.6. The van der Waals surface area contributed by atoms with Crippen LogP contribution in [-0.4, -0.2) is 16.8 Å². The maximum absolute atomic E-state index is 10.1. The van der Waals surface area contributed by atoms with Gasteiger partial charge in [0.15, 0.2) is 0 Å². The molecule has 0 bridgehead atoms. The van der Waals surface area contributed by atoms with Crippen LogP contribution in [0.1, 0.15) is 193 Å². The lowest BCUT2D eigenvalue weighted by molar-refractivity contribution is 0.257. The number of unbranched alkanes of at least 4 members (excludes halogenated alkanes) is 25. The lowest BCUT2D eigenvalue weighted by Gasteiger charge is -2.09. The standard InChI is InChI=1S/C32H65O2/c1-2-3-4-5-6-7-8-9-11-14-17-20-23-26-29-32(34)30-27-24-21-18-15-12-10-13-16-19-22-25-28-31-33/h33-34H,2-31H2,1H3. The van der Waals surface area contributed by atoms with Gasteiger partial charge in [0.25, 0.3) is 0 Å². The Kier molecular flexibility index (Phi) is 30.9. The molecule has 2 N–H and O–H groups in total. The monoisotopic (exact) mass is 481 g/mol. The van der Waals surface area contributed by atoms with Gasteiger partial charge in [-0.2, -0.15) is 0 Å². The van der Waals surface area contributed by atoms with E-state index in [4.69, 9.17) is 5.11 Å². The summed E-state index contributed by atoms with van der Waals surface area (Å²) in [5.74, 6) is 0. The minimum absolute atomic E-state index is 0.358. The minimum atomic E-state index is 0.358. The van der Waals surface area contributed by atoms with Crippen LogP contribution in [-0.2, 0) is 0 Å². The van der Waals surface area contributed by atoms with Crippen molar-refractivity contribution in [2.24, 2.45) is 0 Å². The Bertz CT molecular complexity index is 312. The van der Waals surface area contributed by atoms with Crippen molar-refractivity contribution in [3.8, 4) is 0 Å². The van der Waals surface area contributed by atoms with Crippen LogP contribution < -0.4 is 0 Å². The first-order chi connectivity index (χ1) is 16.8. The average Bonchev–Trinajstić information content (AvgIpc) is 2.84. The zero-order chi connectivity index (χ0) is 24.8. The number of rotatable bonds is 30. The van der Waals surface area contributed by atoms with E-state index in [1.807, 2.05) is 0 Å². The molecule has 0 spiro atoms. The Morgan fingerprint density at radius 1 is 0.353 bits per heavy atom. The molecule has 0 aromatic heterocycles. The quantitative estimate of drug-likeness (QED) is 0.100. The third kappa shape index (κ3) is 30.0. The molecule has 0 aromatic rings. The van der Waals surface area contributed by atoms with E-state index in [0.29, 0.717) is 6.61 Å². The molecule has 34 heavy (non-hydrogen) atoms. The lowest BCUT2D eigenvalue weighted by atomic mass is 10.0. The molecule has 0 fully saturated rings. The van der Waals surface area contributed by atoms with Crippen molar-refractivity contribution in [2.75, 3.05) is 6.61 Å². The summed E-state index contributed by atoms with van der Waals surface area (Å²) in [7, 11) is 0. The van der Waals surface area contributed by atoms with E-state index in [1.54, 1.807) is 0 Å². The number of hydrogen-bond donors (Lipinski definition) is 2. The molecule has 0 saturated heterocycles. The van der Waals surface area contributed by atoms with Crippen LogP contribution in [0.15, 0.2) is 0 Å². The van der Waals surface area contributed by atoms with E-state index in [0.717, 1.165) is 25.4 Å². The highest BCUT2D eigenvalue weighted by molar-refractivity contribution is 4.74. The SMILES string of the molecule is CCCCCCCCCCCCCCCC[C](O)CCCCCCCCCCCCCCCO. The van der Waals surface area contributed by atoms with Crippen LogP contribution in [0.25, 0.3) is 0 Å². The molecule has 0 aliphatic heterocycles. The fraction of sp³-hybridized carbons (Fsp3) is 0.969. The van der Waals surface area contributed by atoms with Crippen molar-refractivity contribution in [3.63, 3.8) is 0 Å². The van der Waals surface area contributed by atoms with Gasteiger partial charge >= 0.3 is 0 Å². The molecule has 0 amide bonds.